The number of carbonyl (C=O) groups is 1. The zero-order valence-corrected chi connectivity index (χ0v) is 14.5. The summed E-state index contributed by atoms with van der Waals surface area (Å²) in [7, 11) is 0. The summed E-state index contributed by atoms with van der Waals surface area (Å²) < 4.78 is 0. The van der Waals surface area contributed by atoms with Crippen LogP contribution in [0.3, 0.4) is 0 Å². The molecule has 3 N–H and O–H groups in total. The molecule has 1 amide bonds. The number of nitrogens with one attached hydrogen (secondary N) is 2. The molecule has 0 fully saturated rings. The van der Waals surface area contributed by atoms with Crippen molar-refractivity contribution in [3.8, 4) is 0 Å². The van der Waals surface area contributed by atoms with Gasteiger partial charge in [-0.05, 0) is 39.9 Å². The molecule has 0 aliphatic carbocycles. The van der Waals surface area contributed by atoms with Gasteiger partial charge < -0.3 is 15.7 Å². The number of amides is 1. The molecule has 0 radical (unpaired) electrons. The zero-order chi connectivity index (χ0) is 17.9. The van der Waals surface area contributed by atoms with Gasteiger partial charge in [-0.25, -0.2) is 0 Å². The largest absolute Gasteiger partial charge is 0.387 e. The van der Waals surface area contributed by atoms with Crippen molar-refractivity contribution in [3.05, 3.63) is 83.4 Å². The first-order valence-corrected chi connectivity index (χ1v) is 8.98. The molecular weight excluding hydrogens is 324 g/mol. The van der Waals surface area contributed by atoms with Gasteiger partial charge in [0.2, 0.25) is 5.91 Å². The Hall–Kier alpha value is -2.69. The number of hydrogen-bond acceptors (Lipinski definition) is 3. The Kier molecular flexibility index (Phi) is 4.69. The van der Waals surface area contributed by atoms with Gasteiger partial charge in [-0.1, -0.05) is 60.7 Å². The van der Waals surface area contributed by atoms with Gasteiger partial charge in [-0.3, -0.25) is 4.79 Å². The number of benzene rings is 3. The Balaban J connectivity index is 1.44. The molecule has 1 heterocycles. The van der Waals surface area contributed by atoms with E-state index in [1.165, 1.54) is 5.56 Å². The molecule has 3 aromatic rings. The second-order valence-corrected chi connectivity index (χ2v) is 6.70. The van der Waals surface area contributed by atoms with Crippen LogP contribution in [0.4, 0.5) is 0 Å². The first-order valence-electron chi connectivity index (χ1n) is 8.98. The molecule has 26 heavy (non-hydrogen) atoms. The highest BCUT2D eigenvalue weighted by molar-refractivity contribution is 5.84. The van der Waals surface area contributed by atoms with E-state index in [0.29, 0.717) is 0 Å². The molecule has 132 valence electrons. The van der Waals surface area contributed by atoms with Crippen molar-refractivity contribution in [3.63, 3.8) is 0 Å². The predicted molar refractivity (Wildman–Crippen MR) is 103 cm³/mol. The lowest BCUT2D eigenvalue weighted by Crippen LogP contribution is -2.42. The summed E-state index contributed by atoms with van der Waals surface area (Å²) in [6.07, 6.45) is 0.196. The van der Waals surface area contributed by atoms with Crippen molar-refractivity contribution < 1.29 is 9.90 Å². The third kappa shape index (κ3) is 3.34. The van der Waals surface area contributed by atoms with Gasteiger partial charge >= 0.3 is 0 Å². The van der Waals surface area contributed by atoms with Crippen LogP contribution >= 0.6 is 0 Å². The fourth-order valence-corrected chi connectivity index (χ4v) is 3.57. The molecule has 4 rings (SSSR count). The molecule has 1 aliphatic rings. The predicted octanol–water partition coefficient (Wildman–Crippen LogP) is 2.88. The summed E-state index contributed by atoms with van der Waals surface area (Å²) in [6.45, 7) is 0.972. The van der Waals surface area contributed by atoms with Gasteiger partial charge in [0.1, 0.15) is 6.04 Å². The molecule has 0 saturated heterocycles. The maximum Gasteiger partial charge on any atom is 0.241 e. The molecule has 3 aromatic carbocycles. The molecule has 0 saturated carbocycles. The van der Waals surface area contributed by atoms with Crippen LogP contribution in [0.1, 0.15) is 28.8 Å². The maximum absolute atomic E-state index is 12.6. The SMILES string of the molecule is O=C(NCC(O)c1ccc2ccccc2c1)C1NCCc2ccccc21. The molecule has 4 nitrogen and oxygen atoms in total. The number of aliphatic hydroxyl groups is 1. The van der Waals surface area contributed by atoms with Gasteiger partial charge in [-0.2, -0.15) is 0 Å². The van der Waals surface area contributed by atoms with Crippen LogP contribution in [-0.4, -0.2) is 24.1 Å². The van der Waals surface area contributed by atoms with Crippen LogP contribution in [0.2, 0.25) is 0 Å². The highest BCUT2D eigenvalue weighted by Gasteiger charge is 2.25. The van der Waals surface area contributed by atoms with Gasteiger partial charge in [0.15, 0.2) is 0 Å². The maximum atomic E-state index is 12.6. The lowest BCUT2D eigenvalue weighted by molar-refractivity contribution is -0.123. The van der Waals surface area contributed by atoms with E-state index in [0.717, 1.165) is 34.9 Å². The molecule has 1 aliphatic heterocycles. The Morgan fingerprint density at radius 2 is 1.85 bits per heavy atom. The van der Waals surface area contributed by atoms with Crippen LogP contribution in [0.15, 0.2) is 66.7 Å². The third-order valence-electron chi connectivity index (χ3n) is 5.00. The first-order chi connectivity index (χ1) is 12.7. The topological polar surface area (TPSA) is 61.4 Å². The average Bonchev–Trinajstić information content (AvgIpc) is 2.71. The molecule has 0 spiro atoms. The average molecular weight is 346 g/mol. The van der Waals surface area contributed by atoms with E-state index in [2.05, 4.69) is 16.7 Å². The summed E-state index contributed by atoms with van der Waals surface area (Å²) in [4.78, 5) is 12.6. The third-order valence-corrected chi connectivity index (χ3v) is 5.00. The second-order valence-electron chi connectivity index (χ2n) is 6.70. The van der Waals surface area contributed by atoms with Crippen molar-refractivity contribution in [1.29, 1.82) is 0 Å². The van der Waals surface area contributed by atoms with Crippen molar-refractivity contribution in [2.24, 2.45) is 0 Å². The van der Waals surface area contributed by atoms with Crippen LogP contribution in [-0.2, 0) is 11.2 Å². The van der Waals surface area contributed by atoms with E-state index in [9.17, 15) is 9.90 Å². The van der Waals surface area contributed by atoms with E-state index in [1.807, 2.05) is 60.7 Å². The Morgan fingerprint density at radius 3 is 2.73 bits per heavy atom. The van der Waals surface area contributed by atoms with Crippen LogP contribution in [0.25, 0.3) is 10.8 Å². The normalized spacial score (nSPS) is 17.5. The highest BCUT2D eigenvalue weighted by Crippen LogP contribution is 2.23. The summed E-state index contributed by atoms with van der Waals surface area (Å²) >= 11 is 0. The van der Waals surface area contributed by atoms with Crippen molar-refractivity contribution >= 4 is 16.7 Å². The lowest BCUT2D eigenvalue weighted by atomic mass is 9.94. The summed E-state index contributed by atoms with van der Waals surface area (Å²) in [5, 5.41) is 18.9. The fourth-order valence-electron chi connectivity index (χ4n) is 3.57. The second kappa shape index (κ2) is 7.28. The molecule has 4 heteroatoms. The number of hydrogen-bond donors (Lipinski definition) is 3. The van der Waals surface area contributed by atoms with E-state index < -0.39 is 6.10 Å². The van der Waals surface area contributed by atoms with Crippen LogP contribution in [0, 0.1) is 0 Å². The van der Waals surface area contributed by atoms with Gasteiger partial charge in [0.25, 0.3) is 0 Å². The Labute approximate surface area is 152 Å². The molecule has 2 unspecified atom stereocenters. The van der Waals surface area contributed by atoms with E-state index in [-0.39, 0.29) is 18.5 Å². The smallest absolute Gasteiger partial charge is 0.241 e. The zero-order valence-electron chi connectivity index (χ0n) is 14.5. The van der Waals surface area contributed by atoms with E-state index in [4.69, 9.17) is 0 Å². The quantitative estimate of drug-likeness (QED) is 0.681. The minimum absolute atomic E-state index is 0.100. The van der Waals surface area contributed by atoms with E-state index in [1.54, 1.807) is 0 Å². The van der Waals surface area contributed by atoms with Crippen LogP contribution in [0.5, 0.6) is 0 Å². The molecule has 2 atom stereocenters. The number of fused-ring (bicyclic) bond motifs is 2. The summed E-state index contributed by atoms with van der Waals surface area (Å²) in [6, 6.07) is 21.6. The standard InChI is InChI=1S/C22H22N2O2/c25-20(18-10-9-15-5-1-2-7-17(15)13-18)14-24-22(26)21-19-8-4-3-6-16(19)11-12-23-21/h1-10,13,20-21,23,25H,11-12,14H2,(H,24,26). The molecule has 0 bridgehead atoms. The summed E-state index contributed by atoms with van der Waals surface area (Å²) in [5.41, 5.74) is 3.04. The minimum atomic E-state index is -0.734. The Bertz CT molecular complexity index is 938. The van der Waals surface area contributed by atoms with Crippen LogP contribution < -0.4 is 10.6 Å². The number of carbonyl (C=O) groups excluding carboxylic acids is 1. The fraction of sp³-hybridized carbons (Fsp3) is 0.227. The molecular formula is C22H22N2O2. The molecule has 0 aromatic heterocycles. The van der Waals surface area contributed by atoms with Crippen molar-refractivity contribution in [1.82, 2.24) is 10.6 Å². The van der Waals surface area contributed by atoms with Gasteiger partial charge in [0, 0.05) is 13.1 Å². The first kappa shape index (κ1) is 16.8. The van der Waals surface area contributed by atoms with Gasteiger partial charge in [0.05, 0.1) is 6.10 Å². The van der Waals surface area contributed by atoms with Crippen molar-refractivity contribution in [2.45, 2.75) is 18.6 Å². The Morgan fingerprint density at radius 1 is 1.08 bits per heavy atom. The van der Waals surface area contributed by atoms with Gasteiger partial charge in [-0.15, -0.1) is 0 Å². The van der Waals surface area contributed by atoms with E-state index >= 15 is 0 Å². The number of aliphatic hydroxyl groups excluding tert-OH is 1. The highest BCUT2D eigenvalue weighted by atomic mass is 16.3. The monoisotopic (exact) mass is 346 g/mol. The lowest BCUT2D eigenvalue weighted by Gasteiger charge is -2.26. The van der Waals surface area contributed by atoms with Crippen molar-refractivity contribution in [2.75, 3.05) is 13.1 Å². The minimum Gasteiger partial charge on any atom is -0.387 e. The number of rotatable bonds is 4. The summed E-state index contributed by atoms with van der Waals surface area (Å²) in [5.74, 6) is -0.100.